The van der Waals surface area contributed by atoms with Gasteiger partial charge in [0.25, 0.3) is 5.91 Å². The summed E-state index contributed by atoms with van der Waals surface area (Å²) in [6.07, 6.45) is 4.86. The Bertz CT molecular complexity index is 600. The minimum Gasteiger partial charge on any atom is -0.339 e. The number of nitrogens with zero attached hydrogens (tertiary/aromatic N) is 2. The number of carbonyl (C=O) groups is 2. The van der Waals surface area contributed by atoms with E-state index in [2.05, 4.69) is 5.32 Å². The molecule has 138 valence electrons. The summed E-state index contributed by atoms with van der Waals surface area (Å²) in [4.78, 5) is 28.4. The fraction of sp³-hybridized carbons (Fsp3) is 0.579. The van der Waals surface area contributed by atoms with Crippen molar-refractivity contribution in [3.63, 3.8) is 0 Å². The third-order valence-electron chi connectivity index (χ3n) is 5.18. The molecule has 5 nitrogen and oxygen atoms in total. The molecule has 2 aliphatic heterocycles. The van der Waals surface area contributed by atoms with Crippen LogP contribution in [0.1, 0.15) is 42.5 Å². The summed E-state index contributed by atoms with van der Waals surface area (Å²) in [6, 6.07) is 7.54. The van der Waals surface area contributed by atoms with Crippen LogP contribution in [0.2, 0.25) is 0 Å². The highest BCUT2D eigenvalue weighted by molar-refractivity contribution is 5.99. The molecule has 2 heterocycles. The SMILES string of the molecule is CNCCC1CCN(C(=O)c2cccc(N3CCCC3=O)c2)CC1.Cl. The van der Waals surface area contributed by atoms with E-state index in [1.54, 1.807) is 4.90 Å². The van der Waals surface area contributed by atoms with Crippen molar-refractivity contribution >= 4 is 29.9 Å². The van der Waals surface area contributed by atoms with Crippen LogP contribution in [0, 0.1) is 5.92 Å². The summed E-state index contributed by atoms with van der Waals surface area (Å²) >= 11 is 0. The number of nitrogens with one attached hydrogen (secondary N) is 1. The third-order valence-corrected chi connectivity index (χ3v) is 5.18. The van der Waals surface area contributed by atoms with Crippen LogP contribution >= 0.6 is 12.4 Å². The number of rotatable bonds is 5. The van der Waals surface area contributed by atoms with E-state index in [0.29, 0.717) is 12.0 Å². The number of piperidine rings is 1. The Morgan fingerprint density at radius 3 is 2.64 bits per heavy atom. The number of hydrogen-bond acceptors (Lipinski definition) is 3. The first-order valence-corrected chi connectivity index (χ1v) is 9.03. The van der Waals surface area contributed by atoms with Gasteiger partial charge in [0.15, 0.2) is 0 Å². The fourth-order valence-electron chi connectivity index (χ4n) is 3.68. The summed E-state index contributed by atoms with van der Waals surface area (Å²) in [5.41, 5.74) is 1.55. The normalized spacial score (nSPS) is 18.4. The van der Waals surface area contributed by atoms with Crippen LogP contribution in [-0.2, 0) is 4.79 Å². The zero-order valence-electron chi connectivity index (χ0n) is 14.9. The first kappa shape index (κ1) is 19.7. The van der Waals surface area contributed by atoms with Crippen LogP contribution in [0.15, 0.2) is 24.3 Å². The zero-order valence-corrected chi connectivity index (χ0v) is 15.7. The molecule has 1 aromatic carbocycles. The lowest BCUT2D eigenvalue weighted by Crippen LogP contribution is -2.39. The zero-order chi connectivity index (χ0) is 16.9. The minimum atomic E-state index is 0. The second-order valence-corrected chi connectivity index (χ2v) is 6.83. The second-order valence-electron chi connectivity index (χ2n) is 6.83. The molecule has 1 aromatic rings. The maximum atomic E-state index is 12.8. The first-order valence-electron chi connectivity index (χ1n) is 9.03. The Balaban J connectivity index is 0.00000225. The smallest absolute Gasteiger partial charge is 0.253 e. The van der Waals surface area contributed by atoms with Crippen LogP contribution in [0.3, 0.4) is 0 Å². The number of carbonyl (C=O) groups excluding carboxylic acids is 2. The molecule has 6 heteroatoms. The molecule has 0 atom stereocenters. The van der Waals surface area contributed by atoms with Crippen molar-refractivity contribution in [2.24, 2.45) is 5.92 Å². The molecule has 0 aliphatic carbocycles. The predicted octanol–water partition coefficient (Wildman–Crippen LogP) is 2.70. The average molecular weight is 366 g/mol. The van der Waals surface area contributed by atoms with Crippen molar-refractivity contribution in [2.45, 2.75) is 32.1 Å². The van der Waals surface area contributed by atoms with E-state index in [1.165, 1.54) is 6.42 Å². The van der Waals surface area contributed by atoms with E-state index < -0.39 is 0 Å². The Hall–Kier alpha value is -1.59. The van der Waals surface area contributed by atoms with Crippen molar-refractivity contribution < 1.29 is 9.59 Å². The molecule has 0 aromatic heterocycles. The molecule has 2 saturated heterocycles. The van der Waals surface area contributed by atoms with Crippen LogP contribution < -0.4 is 10.2 Å². The largest absolute Gasteiger partial charge is 0.339 e. The van der Waals surface area contributed by atoms with Crippen molar-refractivity contribution in [1.29, 1.82) is 0 Å². The summed E-state index contributed by atoms with van der Waals surface area (Å²) in [5.74, 6) is 0.968. The molecule has 2 fully saturated rings. The maximum absolute atomic E-state index is 12.8. The summed E-state index contributed by atoms with van der Waals surface area (Å²) in [5, 5.41) is 3.20. The van der Waals surface area contributed by atoms with E-state index in [4.69, 9.17) is 0 Å². The molecule has 1 N–H and O–H groups in total. The monoisotopic (exact) mass is 365 g/mol. The maximum Gasteiger partial charge on any atom is 0.253 e. The van der Waals surface area contributed by atoms with Crippen molar-refractivity contribution in [3.05, 3.63) is 29.8 Å². The third kappa shape index (κ3) is 4.73. The van der Waals surface area contributed by atoms with E-state index >= 15 is 0 Å². The Morgan fingerprint density at radius 2 is 2.00 bits per heavy atom. The second kappa shape index (κ2) is 9.20. The molecule has 2 aliphatic rings. The highest BCUT2D eigenvalue weighted by atomic mass is 35.5. The predicted molar refractivity (Wildman–Crippen MR) is 102 cm³/mol. The molecule has 0 bridgehead atoms. The van der Waals surface area contributed by atoms with Gasteiger partial charge in [-0.05, 0) is 63.4 Å². The molecule has 25 heavy (non-hydrogen) atoms. The fourth-order valence-corrected chi connectivity index (χ4v) is 3.68. The van der Waals surface area contributed by atoms with E-state index in [1.807, 2.05) is 36.2 Å². The van der Waals surface area contributed by atoms with E-state index in [9.17, 15) is 9.59 Å². The quantitative estimate of drug-likeness (QED) is 0.872. The summed E-state index contributed by atoms with van der Waals surface area (Å²) in [6.45, 7) is 3.47. The van der Waals surface area contributed by atoms with Gasteiger partial charge >= 0.3 is 0 Å². The van der Waals surface area contributed by atoms with Gasteiger partial charge in [0.05, 0.1) is 0 Å². The summed E-state index contributed by atoms with van der Waals surface area (Å²) in [7, 11) is 1.98. The lowest BCUT2D eigenvalue weighted by molar-refractivity contribution is -0.117. The van der Waals surface area contributed by atoms with Gasteiger partial charge in [0.1, 0.15) is 0 Å². The Kier molecular flexibility index (Phi) is 7.26. The van der Waals surface area contributed by atoms with E-state index in [0.717, 1.165) is 57.0 Å². The lowest BCUT2D eigenvalue weighted by Gasteiger charge is -2.32. The number of anilines is 1. The van der Waals surface area contributed by atoms with Gasteiger partial charge in [-0.1, -0.05) is 6.07 Å². The number of halogens is 1. The highest BCUT2D eigenvalue weighted by Crippen LogP contribution is 2.25. The Morgan fingerprint density at radius 1 is 1.24 bits per heavy atom. The number of likely N-dealkylation sites (tertiary alicyclic amines) is 1. The van der Waals surface area contributed by atoms with Crippen LogP contribution in [0.5, 0.6) is 0 Å². The minimum absolute atomic E-state index is 0. The molecule has 3 rings (SSSR count). The number of benzene rings is 1. The Labute approximate surface area is 156 Å². The van der Waals surface area contributed by atoms with Crippen LogP contribution in [0.4, 0.5) is 5.69 Å². The molecule has 0 saturated carbocycles. The van der Waals surface area contributed by atoms with Gasteiger partial charge in [-0.2, -0.15) is 0 Å². The highest BCUT2D eigenvalue weighted by Gasteiger charge is 2.25. The van der Waals surface area contributed by atoms with Crippen LogP contribution in [-0.4, -0.2) is 49.9 Å². The van der Waals surface area contributed by atoms with Crippen molar-refractivity contribution in [2.75, 3.05) is 38.1 Å². The molecular formula is C19H28ClN3O2. The lowest BCUT2D eigenvalue weighted by atomic mass is 9.93. The van der Waals surface area contributed by atoms with Gasteiger partial charge in [0, 0.05) is 37.3 Å². The van der Waals surface area contributed by atoms with Crippen molar-refractivity contribution in [1.82, 2.24) is 10.2 Å². The molecule has 0 radical (unpaired) electrons. The van der Waals surface area contributed by atoms with Gasteiger partial charge in [-0.25, -0.2) is 0 Å². The molecular weight excluding hydrogens is 338 g/mol. The van der Waals surface area contributed by atoms with Gasteiger partial charge in [0.2, 0.25) is 5.91 Å². The molecule has 0 unspecified atom stereocenters. The molecule has 0 spiro atoms. The molecule has 2 amide bonds. The van der Waals surface area contributed by atoms with Crippen molar-refractivity contribution in [3.8, 4) is 0 Å². The number of amides is 2. The van der Waals surface area contributed by atoms with E-state index in [-0.39, 0.29) is 24.2 Å². The first-order chi connectivity index (χ1) is 11.7. The number of hydrogen-bond donors (Lipinski definition) is 1. The topological polar surface area (TPSA) is 52.7 Å². The standard InChI is InChI=1S/C19H27N3O2.ClH/c1-20-10-7-15-8-12-21(13-9-15)19(24)16-4-2-5-17(14-16)22-11-3-6-18(22)23;/h2,4-5,14-15,20H,3,6-13H2,1H3;1H. The summed E-state index contributed by atoms with van der Waals surface area (Å²) < 4.78 is 0. The van der Waals surface area contributed by atoms with Gasteiger partial charge in [-0.15, -0.1) is 12.4 Å². The van der Waals surface area contributed by atoms with Crippen LogP contribution in [0.25, 0.3) is 0 Å². The van der Waals surface area contributed by atoms with Gasteiger partial charge < -0.3 is 15.1 Å². The average Bonchev–Trinajstić information content (AvgIpc) is 3.06. The van der Waals surface area contributed by atoms with Gasteiger partial charge in [-0.3, -0.25) is 9.59 Å².